The fourth-order valence-electron chi connectivity index (χ4n) is 2.22. The first-order valence-corrected chi connectivity index (χ1v) is 9.65. The minimum Gasteiger partial charge on any atom is -0.493 e. The third kappa shape index (κ3) is 3.37. The van der Waals surface area contributed by atoms with Crippen LogP contribution in [0.5, 0.6) is 11.5 Å². The van der Waals surface area contributed by atoms with Crippen molar-refractivity contribution < 1.29 is 13.7 Å². The van der Waals surface area contributed by atoms with Gasteiger partial charge < -0.3 is 9.47 Å². The first-order valence-electron chi connectivity index (χ1n) is 7.16. The molecule has 0 spiro atoms. The number of aromatic nitrogens is 2. The molecule has 0 bridgehead atoms. The van der Waals surface area contributed by atoms with E-state index >= 15 is 0 Å². The highest BCUT2D eigenvalue weighted by atomic mass is 33.1. The van der Waals surface area contributed by atoms with Crippen molar-refractivity contribution in [2.45, 2.75) is 16.7 Å². The molecule has 2 aromatic carbocycles. The third-order valence-corrected chi connectivity index (χ3v) is 6.35. The number of nitrogens with zero attached hydrogens (tertiary/aromatic N) is 2. The van der Waals surface area contributed by atoms with Gasteiger partial charge in [0.25, 0.3) is 0 Å². The molecule has 3 rings (SSSR count). The number of hydrogen-bond donors (Lipinski definition) is 0. The van der Waals surface area contributed by atoms with Crippen LogP contribution < -0.4 is 9.47 Å². The summed E-state index contributed by atoms with van der Waals surface area (Å²) in [5.74, 6) is 1.13. The Balaban J connectivity index is 2.01. The van der Waals surface area contributed by atoms with E-state index in [-0.39, 0.29) is 0 Å². The summed E-state index contributed by atoms with van der Waals surface area (Å²) in [6.45, 7) is 2.02. The van der Waals surface area contributed by atoms with Crippen LogP contribution in [0.15, 0.2) is 52.4 Å². The normalized spacial score (nSPS) is 12.1. The van der Waals surface area contributed by atoms with Crippen LogP contribution in [0.2, 0.25) is 0 Å². The van der Waals surface area contributed by atoms with E-state index in [1.807, 2.05) is 31.2 Å². The largest absolute Gasteiger partial charge is 0.493 e. The number of ether oxygens (including phenoxy) is 2. The van der Waals surface area contributed by atoms with Crippen LogP contribution >= 0.6 is 10.8 Å². The number of methoxy groups -OCH3 is 2. The maximum absolute atomic E-state index is 12.8. The third-order valence-electron chi connectivity index (χ3n) is 3.48. The van der Waals surface area contributed by atoms with Gasteiger partial charge in [-0.25, -0.2) is 4.21 Å². The molecular weight excluding hydrogens is 344 g/mol. The SMILES string of the molecule is COc1cc2nncc(S(=O)Sc3ccc(C)cc3)c2cc1OC. The Bertz CT molecular complexity index is 898. The number of aryl methyl sites for hydroxylation is 1. The number of rotatable bonds is 5. The highest BCUT2D eigenvalue weighted by Gasteiger charge is 2.15. The fourth-order valence-corrected chi connectivity index (χ4v) is 4.73. The van der Waals surface area contributed by atoms with E-state index < -0.39 is 9.83 Å². The molecule has 5 nitrogen and oxygen atoms in total. The van der Waals surface area contributed by atoms with Gasteiger partial charge in [0, 0.05) is 16.3 Å². The number of benzene rings is 2. The highest BCUT2D eigenvalue weighted by molar-refractivity contribution is 8.69. The first kappa shape index (κ1) is 16.7. The second-order valence-corrected chi connectivity index (χ2v) is 8.02. The van der Waals surface area contributed by atoms with Crippen molar-refractivity contribution in [3.05, 3.63) is 48.2 Å². The predicted octanol–water partition coefficient (Wildman–Crippen LogP) is 3.77. The Morgan fingerprint density at radius 3 is 2.38 bits per heavy atom. The first-order chi connectivity index (χ1) is 11.6. The molecule has 0 amide bonds. The molecule has 0 aliphatic heterocycles. The highest BCUT2D eigenvalue weighted by Crippen LogP contribution is 2.36. The summed E-state index contributed by atoms with van der Waals surface area (Å²) in [5, 5.41) is 8.80. The number of hydrogen-bond acceptors (Lipinski definition) is 6. The van der Waals surface area contributed by atoms with E-state index in [1.54, 1.807) is 26.4 Å². The lowest BCUT2D eigenvalue weighted by Gasteiger charge is -2.10. The van der Waals surface area contributed by atoms with Gasteiger partial charge in [-0.15, -0.1) is 0 Å². The summed E-state index contributed by atoms with van der Waals surface area (Å²) >= 11 is 0. The van der Waals surface area contributed by atoms with Gasteiger partial charge in [-0.3, -0.25) is 0 Å². The van der Waals surface area contributed by atoms with Crippen molar-refractivity contribution in [3.8, 4) is 11.5 Å². The smallest absolute Gasteiger partial charge is 0.162 e. The van der Waals surface area contributed by atoms with Gasteiger partial charge in [0.05, 0.1) is 30.8 Å². The van der Waals surface area contributed by atoms with Gasteiger partial charge in [-0.1, -0.05) is 17.7 Å². The van der Waals surface area contributed by atoms with Gasteiger partial charge in [0.2, 0.25) is 0 Å². The summed E-state index contributed by atoms with van der Waals surface area (Å²) < 4.78 is 23.4. The van der Waals surface area contributed by atoms with Crippen LogP contribution in [-0.2, 0) is 9.83 Å². The summed E-state index contributed by atoms with van der Waals surface area (Å²) in [4.78, 5) is 1.54. The lowest BCUT2D eigenvalue weighted by atomic mass is 10.2. The van der Waals surface area contributed by atoms with Crippen LogP contribution in [-0.4, -0.2) is 28.6 Å². The zero-order chi connectivity index (χ0) is 17.1. The average Bonchev–Trinajstić information content (AvgIpc) is 2.61. The maximum Gasteiger partial charge on any atom is 0.162 e. The van der Waals surface area contributed by atoms with E-state index in [2.05, 4.69) is 10.2 Å². The minimum absolute atomic E-state index is 0.563. The molecule has 0 saturated heterocycles. The quantitative estimate of drug-likeness (QED) is 0.646. The molecule has 0 saturated carbocycles. The lowest BCUT2D eigenvalue weighted by Crippen LogP contribution is -1.96. The van der Waals surface area contributed by atoms with Crippen molar-refractivity contribution in [3.63, 3.8) is 0 Å². The zero-order valence-corrected chi connectivity index (χ0v) is 15.1. The summed E-state index contributed by atoms with van der Waals surface area (Å²) in [5.41, 5.74) is 1.78. The molecule has 1 aromatic heterocycles. The summed E-state index contributed by atoms with van der Waals surface area (Å²) in [6, 6.07) is 11.4. The Labute approximate surface area is 146 Å². The van der Waals surface area contributed by atoms with Crippen molar-refractivity contribution in [1.29, 1.82) is 0 Å². The molecule has 0 fully saturated rings. The Hall–Kier alpha value is -2.12. The molecular formula is C17H16N2O3S2. The van der Waals surface area contributed by atoms with Crippen LogP contribution in [0.4, 0.5) is 0 Å². The summed E-state index contributed by atoms with van der Waals surface area (Å²) in [6.07, 6.45) is 1.53. The van der Waals surface area contributed by atoms with Crippen LogP contribution in [0, 0.1) is 6.92 Å². The monoisotopic (exact) mass is 360 g/mol. The van der Waals surface area contributed by atoms with Crippen LogP contribution in [0.3, 0.4) is 0 Å². The van der Waals surface area contributed by atoms with E-state index in [0.29, 0.717) is 21.9 Å². The van der Waals surface area contributed by atoms with Crippen LogP contribution in [0.1, 0.15) is 5.56 Å². The van der Waals surface area contributed by atoms with Crippen molar-refractivity contribution >= 4 is 31.5 Å². The summed E-state index contributed by atoms with van der Waals surface area (Å²) in [7, 11) is 3.09. The van der Waals surface area contributed by atoms with Gasteiger partial charge >= 0.3 is 0 Å². The molecule has 3 aromatic rings. The predicted molar refractivity (Wildman–Crippen MR) is 96.1 cm³/mol. The molecule has 0 aliphatic carbocycles. The second-order valence-electron chi connectivity index (χ2n) is 5.06. The second kappa shape index (κ2) is 7.19. The number of fused-ring (bicyclic) bond motifs is 1. The van der Waals surface area contributed by atoms with Crippen molar-refractivity contribution in [2.75, 3.05) is 14.2 Å². The van der Waals surface area contributed by atoms with Gasteiger partial charge in [-0.05, 0) is 35.9 Å². The van der Waals surface area contributed by atoms with Gasteiger partial charge in [0.15, 0.2) is 11.5 Å². The molecule has 1 unspecified atom stereocenters. The van der Waals surface area contributed by atoms with Crippen molar-refractivity contribution in [2.24, 2.45) is 0 Å². The molecule has 0 radical (unpaired) electrons. The zero-order valence-electron chi connectivity index (χ0n) is 13.5. The Morgan fingerprint density at radius 1 is 1.04 bits per heavy atom. The van der Waals surface area contributed by atoms with Gasteiger partial charge in [0.1, 0.15) is 9.83 Å². The van der Waals surface area contributed by atoms with Gasteiger partial charge in [-0.2, -0.15) is 10.2 Å². The lowest BCUT2D eigenvalue weighted by molar-refractivity contribution is 0.355. The van der Waals surface area contributed by atoms with E-state index in [1.165, 1.54) is 17.0 Å². The molecule has 7 heteroatoms. The molecule has 1 heterocycles. The topological polar surface area (TPSA) is 61.3 Å². The van der Waals surface area contributed by atoms with Crippen molar-refractivity contribution in [1.82, 2.24) is 10.2 Å². The Morgan fingerprint density at radius 2 is 1.71 bits per heavy atom. The van der Waals surface area contributed by atoms with E-state index in [9.17, 15) is 4.21 Å². The fraction of sp³-hybridized carbons (Fsp3) is 0.176. The molecule has 0 aliphatic rings. The molecule has 0 N–H and O–H groups in total. The van der Waals surface area contributed by atoms with Crippen LogP contribution in [0.25, 0.3) is 10.9 Å². The molecule has 24 heavy (non-hydrogen) atoms. The van der Waals surface area contributed by atoms with E-state index in [0.717, 1.165) is 15.8 Å². The Kier molecular flexibility index (Phi) is 5.01. The molecule has 1 atom stereocenters. The standard InChI is InChI=1S/C17H16N2O3S2/c1-11-4-6-12(7-5-11)23-24(20)17-10-18-19-14-9-16(22-3)15(21-2)8-13(14)17/h4-10H,1-3H3. The van der Waals surface area contributed by atoms with E-state index in [4.69, 9.17) is 9.47 Å². The maximum atomic E-state index is 12.8. The average molecular weight is 360 g/mol. The minimum atomic E-state index is -1.32. The molecule has 124 valence electrons.